The summed E-state index contributed by atoms with van der Waals surface area (Å²) in [5.41, 5.74) is 1.93. The molecule has 0 fully saturated rings. The topological polar surface area (TPSA) is 77.4 Å². The Morgan fingerprint density at radius 2 is 2.20 bits per heavy atom. The summed E-state index contributed by atoms with van der Waals surface area (Å²) in [6, 6.07) is 10.4. The third-order valence-corrected chi connectivity index (χ3v) is 5.50. The highest BCUT2D eigenvalue weighted by atomic mass is 19.1. The maximum absolute atomic E-state index is 13.9. The van der Waals surface area contributed by atoms with Crippen molar-refractivity contribution < 1.29 is 19.0 Å². The fraction of sp³-hybridized carbons (Fsp3) is 0.364. The number of amides is 2. The van der Waals surface area contributed by atoms with E-state index in [2.05, 4.69) is 10.4 Å². The normalized spacial score (nSPS) is 19.6. The summed E-state index contributed by atoms with van der Waals surface area (Å²) < 4.78 is 19.8. The largest absolute Gasteiger partial charge is 0.508 e. The first-order valence-electron chi connectivity index (χ1n) is 9.98. The van der Waals surface area contributed by atoms with Crippen LogP contribution in [0.1, 0.15) is 23.6 Å². The highest BCUT2D eigenvalue weighted by Crippen LogP contribution is 2.43. The van der Waals surface area contributed by atoms with Crippen molar-refractivity contribution in [3.8, 4) is 11.5 Å². The van der Waals surface area contributed by atoms with Crippen LogP contribution in [-0.4, -0.2) is 60.5 Å². The van der Waals surface area contributed by atoms with Gasteiger partial charge in [0.25, 0.3) is 0 Å². The van der Waals surface area contributed by atoms with Crippen molar-refractivity contribution in [2.75, 3.05) is 33.8 Å². The second-order valence-corrected chi connectivity index (χ2v) is 7.59. The zero-order valence-electron chi connectivity index (χ0n) is 17.0. The third kappa shape index (κ3) is 3.70. The van der Waals surface area contributed by atoms with Gasteiger partial charge in [0.05, 0.1) is 24.3 Å². The van der Waals surface area contributed by atoms with Gasteiger partial charge < -0.3 is 20.1 Å². The van der Waals surface area contributed by atoms with E-state index < -0.39 is 6.04 Å². The molecule has 2 amide bonds. The molecule has 0 saturated heterocycles. The number of nitrogens with one attached hydrogen (secondary N) is 1. The van der Waals surface area contributed by atoms with Gasteiger partial charge in [-0.2, -0.15) is 5.10 Å². The molecule has 158 valence electrons. The third-order valence-electron chi connectivity index (χ3n) is 5.50. The maximum atomic E-state index is 13.9. The fourth-order valence-corrected chi connectivity index (χ4v) is 4.01. The van der Waals surface area contributed by atoms with Crippen LogP contribution >= 0.6 is 0 Å². The molecule has 30 heavy (non-hydrogen) atoms. The molecule has 0 unspecified atom stereocenters. The van der Waals surface area contributed by atoms with E-state index in [9.17, 15) is 14.3 Å². The zero-order valence-corrected chi connectivity index (χ0v) is 17.0. The number of aromatic hydroxyl groups is 1. The average Bonchev–Trinajstić information content (AvgIpc) is 3.13. The number of carbonyl (C=O) groups excluding carboxylic acids is 1. The van der Waals surface area contributed by atoms with Crippen LogP contribution in [0.3, 0.4) is 0 Å². The van der Waals surface area contributed by atoms with E-state index in [4.69, 9.17) is 4.74 Å². The molecule has 2 N–H and O–H groups in total. The molecule has 2 heterocycles. The molecule has 2 aromatic rings. The highest BCUT2D eigenvalue weighted by molar-refractivity contribution is 6.07. The number of ether oxygens (including phenoxy) is 1. The molecule has 0 bridgehead atoms. The minimum Gasteiger partial charge on any atom is -0.508 e. The van der Waals surface area contributed by atoms with E-state index in [1.165, 1.54) is 17.1 Å². The van der Waals surface area contributed by atoms with Gasteiger partial charge in [-0.25, -0.2) is 14.2 Å². The number of halogens is 1. The molecule has 0 radical (unpaired) electrons. The predicted molar refractivity (Wildman–Crippen MR) is 111 cm³/mol. The molecule has 4 rings (SSSR count). The lowest BCUT2D eigenvalue weighted by Gasteiger charge is -2.31. The van der Waals surface area contributed by atoms with Crippen LogP contribution < -0.4 is 10.1 Å². The minimum absolute atomic E-state index is 0.110. The Kier molecular flexibility index (Phi) is 5.59. The molecular formula is C22H25FN4O3. The molecule has 2 atom stereocenters. The van der Waals surface area contributed by atoms with E-state index in [0.717, 1.165) is 18.5 Å². The minimum atomic E-state index is -0.456. The maximum Gasteiger partial charge on any atom is 0.340 e. The monoisotopic (exact) mass is 412 g/mol. The second-order valence-electron chi connectivity index (χ2n) is 7.59. The smallest absolute Gasteiger partial charge is 0.340 e. The van der Waals surface area contributed by atoms with Crippen molar-refractivity contribution in [1.82, 2.24) is 15.2 Å². The van der Waals surface area contributed by atoms with Crippen molar-refractivity contribution in [3.63, 3.8) is 0 Å². The van der Waals surface area contributed by atoms with Crippen molar-refractivity contribution in [2.24, 2.45) is 11.0 Å². The van der Waals surface area contributed by atoms with E-state index in [1.54, 1.807) is 36.2 Å². The molecule has 0 spiro atoms. The molecule has 2 aromatic carbocycles. The Balaban J connectivity index is 1.72. The Morgan fingerprint density at radius 3 is 2.97 bits per heavy atom. The van der Waals surface area contributed by atoms with Crippen LogP contribution in [0.15, 0.2) is 47.6 Å². The van der Waals surface area contributed by atoms with Gasteiger partial charge in [-0.3, -0.25) is 0 Å². The van der Waals surface area contributed by atoms with Crippen molar-refractivity contribution in [3.05, 3.63) is 59.4 Å². The number of fused-ring (bicyclic) bond motifs is 3. The summed E-state index contributed by atoms with van der Waals surface area (Å²) in [6.45, 7) is 1.68. The van der Waals surface area contributed by atoms with Gasteiger partial charge in [0.2, 0.25) is 0 Å². The lowest BCUT2D eigenvalue weighted by Crippen LogP contribution is -2.41. The molecular weight excluding hydrogens is 387 g/mol. The fourth-order valence-electron chi connectivity index (χ4n) is 4.01. The van der Waals surface area contributed by atoms with E-state index in [1.807, 2.05) is 13.1 Å². The number of nitrogens with zero attached hydrogens (tertiary/aromatic N) is 3. The van der Waals surface area contributed by atoms with Gasteiger partial charge in [0.15, 0.2) is 0 Å². The van der Waals surface area contributed by atoms with E-state index >= 15 is 0 Å². The van der Waals surface area contributed by atoms with Crippen molar-refractivity contribution in [1.29, 1.82) is 0 Å². The van der Waals surface area contributed by atoms with Crippen LogP contribution in [0.5, 0.6) is 11.5 Å². The number of phenolic OH excluding ortho intramolecular Hbond substituents is 1. The number of carbonyl (C=O) groups is 1. The van der Waals surface area contributed by atoms with Crippen LogP contribution in [0.25, 0.3) is 0 Å². The molecule has 0 aliphatic carbocycles. The zero-order chi connectivity index (χ0) is 21.3. The number of hydrogen-bond donors (Lipinski definition) is 2. The number of benzene rings is 2. The number of phenols is 1. The number of urea groups is 1. The van der Waals surface area contributed by atoms with Crippen LogP contribution in [0, 0.1) is 11.7 Å². The van der Waals surface area contributed by atoms with Crippen molar-refractivity contribution in [2.45, 2.75) is 12.5 Å². The van der Waals surface area contributed by atoms with Crippen molar-refractivity contribution >= 4 is 11.7 Å². The second kappa shape index (κ2) is 8.31. The van der Waals surface area contributed by atoms with Gasteiger partial charge in [-0.1, -0.05) is 12.1 Å². The summed E-state index contributed by atoms with van der Waals surface area (Å²) in [5, 5.41) is 19.2. The van der Waals surface area contributed by atoms with Crippen LogP contribution in [0.4, 0.5) is 9.18 Å². The standard InChI is InChI=1S/C22H25FN4O3/c1-24-9-4-10-26(2)22(29)27-21(14-5-3-6-16(28)11-14)18-13-30-19-8-7-15(23)12-17(19)20(18)25-27/h3,5-8,11-12,18,21,24,28H,4,9-10,13H2,1-2H3/t18-,21+/m0/s1. The summed E-state index contributed by atoms with van der Waals surface area (Å²) in [7, 11) is 3.61. The lowest BCUT2D eigenvalue weighted by molar-refractivity contribution is 0.133. The molecule has 0 saturated carbocycles. The van der Waals surface area contributed by atoms with Gasteiger partial charge in [-0.15, -0.1) is 0 Å². The Hall–Kier alpha value is -3.13. The number of hydrogen-bond acceptors (Lipinski definition) is 5. The predicted octanol–water partition coefficient (Wildman–Crippen LogP) is 2.96. The quantitative estimate of drug-likeness (QED) is 0.741. The first-order chi connectivity index (χ1) is 14.5. The summed E-state index contributed by atoms with van der Waals surface area (Å²) in [5.74, 6) is 0.0101. The van der Waals surface area contributed by atoms with Crippen LogP contribution in [-0.2, 0) is 0 Å². The average molecular weight is 412 g/mol. The van der Waals surface area contributed by atoms with Gasteiger partial charge in [0.1, 0.15) is 17.3 Å². The van der Waals surface area contributed by atoms with Gasteiger partial charge in [0, 0.05) is 19.2 Å². The Labute approximate surface area is 174 Å². The molecule has 2 aliphatic rings. The number of rotatable bonds is 5. The molecule has 0 aromatic heterocycles. The van der Waals surface area contributed by atoms with Gasteiger partial charge >= 0.3 is 6.03 Å². The molecule has 7 nitrogen and oxygen atoms in total. The number of hydrazone groups is 1. The lowest BCUT2D eigenvalue weighted by atomic mass is 9.86. The molecule has 2 aliphatic heterocycles. The Bertz CT molecular complexity index is 981. The summed E-state index contributed by atoms with van der Waals surface area (Å²) >= 11 is 0. The highest BCUT2D eigenvalue weighted by Gasteiger charge is 2.46. The summed E-state index contributed by atoms with van der Waals surface area (Å²) in [4.78, 5) is 14.9. The van der Waals surface area contributed by atoms with E-state index in [-0.39, 0.29) is 23.5 Å². The Morgan fingerprint density at radius 1 is 1.37 bits per heavy atom. The SMILES string of the molecule is CNCCCN(C)C(=O)N1N=C2c3cc(F)ccc3OC[C@@H]2[C@H]1c1cccc(O)c1. The first-order valence-corrected chi connectivity index (χ1v) is 9.98. The molecule has 8 heteroatoms. The van der Waals surface area contributed by atoms with Crippen LogP contribution in [0.2, 0.25) is 0 Å². The van der Waals surface area contributed by atoms with E-state index in [0.29, 0.717) is 30.2 Å². The summed E-state index contributed by atoms with van der Waals surface area (Å²) in [6.07, 6.45) is 0.806. The van der Waals surface area contributed by atoms with Gasteiger partial charge in [-0.05, 0) is 55.9 Å². The first kappa shape index (κ1) is 20.2.